The topological polar surface area (TPSA) is 39.2 Å². The van der Waals surface area contributed by atoms with E-state index in [1.807, 2.05) is 25.3 Å². The van der Waals surface area contributed by atoms with Gasteiger partial charge in [0, 0.05) is 12.6 Å². The molecule has 0 unspecified atom stereocenters. The summed E-state index contributed by atoms with van der Waals surface area (Å²) in [5, 5.41) is 0. The fourth-order valence-corrected chi connectivity index (χ4v) is 3.73. The number of pyridine rings is 1. The highest BCUT2D eigenvalue weighted by molar-refractivity contribution is 5.69. The summed E-state index contributed by atoms with van der Waals surface area (Å²) >= 11 is 0. The summed E-state index contributed by atoms with van der Waals surface area (Å²) in [7, 11) is 0. The maximum absolute atomic E-state index is 11.3. The maximum Gasteiger partial charge on any atom is 0.305 e. The Hall–Kier alpha value is -2.34. The second-order valence-corrected chi connectivity index (χ2v) is 8.10. The van der Waals surface area contributed by atoms with Crippen molar-refractivity contribution in [2.75, 3.05) is 6.61 Å². The first kappa shape index (κ1) is 22.0. The Morgan fingerprint density at radius 2 is 2.14 bits per heavy atom. The summed E-state index contributed by atoms with van der Waals surface area (Å²) in [5.74, 6) is 6.13. The van der Waals surface area contributed by atoms with Crippen molar-refractivity contribution in [1.82, 2.24) is 4.98 Å². The number of rotatable bonds is 7. The molecule has 28 heavy (non-hydrogen) atoms. The van der Waals surface area contributed by atoms with Crippen molar-refractivity contribution >= 4 is 5.97 Å². The van der Waals surface area contributed by atoms with Gasteiger partial charge >= 0.3 is 5.97 Å². The SMILES string of the molecule is CCOC(=O)CCCCc1ccc(C#C/C=C/C2=C(C)CCCC2(C)C)nc1. The molecule has 3 nitrogen and oxygen atoms in total. The van der Waals surface area contributed by atoms with E-state index >= 15 is 0 Å². The van der Waals surface area contributed by atoms with Crippen LogP contribution in [0.4, 0.5) is 0 Å². The number of aryl methyl sites for hydroxylation is 1. The molecular formula is C25H33NO2. The molecule has 0 saturated heterocycles. The predicted molar refractivity (Wildman–Crippen MR) is 115 cm³/mol. The number of allylic oxidation sites excluding steroid dienone is 4. The van der Waals surface area contributed by atoms with Crippen molar-refractivity contribution in [1.29, 1.82) is 0 Å². The zero-order chi connectivity index (χ0) is 20.4. The van der Waals surface area contributed by atoms with E-state index in [0.29, 0.717) is 13.0 Å². The van der Waals surface area contributed by atoms with Crippen LogP contribution in [0.2, 0.25) is 0 Å². The summed E-state index contributed by atoms with van der Waals surface area (Å²) in [6.45, 7) is 9.15. The average molecular weight is 380 g/mol. The Bertz CT molecular complexity index is 773. The highest BCUT2D eigenvalue weighted by Gasteiger charge is 2.26. The third-order valence-electron chi connectivity index (χ3n) is 5.30. The number of unbranched alkanes of at least 4 members (excludes halogenated alkanes) is 1. The van der Waals surface area contributed by atoms with Gasteiger partial charge in [-0.3, -0.25) is 4.79 Å². The Labute approximate surface area is 170 Å². The lowest BCUT2D eigenvalue weighted by Crippen LogP contribution is -2.18. The lowest BCUT2D eigenvalue weighted by atomic mass is 9.73. The van der Waals surface area contributed by atoms with Crippen LogP contribution in [0.25, 0.3) is 0 Å². The summed E-state index contributed by atoms with van der Waals surface area (Å²) in [5.41, 5.74) is 5.12. The van der Waals surface area contributed by atoms with Crippen LogP contribution in [0.15, 0.2) is 41.6 Å². The number of carbonyl (C=O) groups is 1. The van der Waals surface area contributed by atoms with E-state index in [0.717, 1.165) is 25.0 Å². The van der Waals surface area contributed by atoms with Gasteiger partial charge in [0.25, 0.3) is 0 Å². The van der Waals surface area contributed by atoms with Crippen LogP contribution in [0.5, 0.6) is 0 Å². The Morgan fingerprint density at radius 1 is 1.32 bits per heavy atom. The van der Waals surface area contributed by atoms with E-state index in [1.54, 1.807) is 0 Å². The fraction of sp³-hybridized carbons (Fsp3) is 0.520. The minimum Gasteiger partial charge on any atom is -0.466 e. The minimum absolute atomic E-state index is 0.109. The highest BCUT2D eigenvalue weighted by atomic mass is 16.5. The number of hydrogen-bond acceptors (Lipinski definition) is 3. The summed E-state index contributed by atoms with van der Waals surface area (Å²) in [4.78, 5) is 15.8. The molecule has 150 valence electrons. The lowest BCUT2D eigenvalue weighted by Gasteiger charge is -2.32. The summed E-state index contributed by atoms with van der Waals surface area (Å²) in [6.07, 6.45) is 12.9. The molecule has 0 spiro atoms. The van der Waals surface area contributed by atoms with E-state index in [-0.39, 0.29) is 11.4 Å². The van der Waals surface area contributed by atoms with Crippen LogP contribution in [-0.4, -0.2) is 17.6 Å². The molecule has 1 aromatic rings. The van der Waals surface area contributed by atoms with Crippen molar-refractivity contribution in [2.45, 2.75) is 72.6 Å². The molecule has 2 rings (SSSR count). The van der Waals surface area contributed by atoms with E-state index in [9.17, 15) is 4.79 Å². The number of ether oxygens (including phenoxy) is 1. The van der Waals surface area contributed by atoms with Gasteiger partial charge in [0.1, 0.15) is 5.69 Å². The quantitative estimate of drug-likeness (QED) is 0.342. The van der Waals surface area contributed by atoms with Gasteiger partial charge in [0.15, 0.2) is 0 Å². The van der Waals surface area contributed by atoms with Crippen LogP contribution < -0.4 is 0 Å². The molecule has 1 aliphatic carbocycles. The molecule has 0 radical (unpaired) electrons. The van der Waals surface area contributed by atoms with E-state index in [2.05, 4.69) is 49.7 Å². The Morgan fingerprint density at radius 3 is 2.82 bits per heavy atom. The van der Waals surface area contributed by atoms with Crippen molar-refractivity contribution in [3.63, 3.8) is 0 Å². The fourth-order valence-electron chi connectivity index (χ4n) is 3.73. The molecule has 1 heterocycles. The number of esters is 1. The second kappa shape index (κ2) is 10.9. The van der Waals surface area contributed by atoms with E-state index in [1.165, 1.54) is 36.0 Å². The Kier molecular flexibility index (Phi) is 8.51. The number of hydrogen-bond donors (Lipinski definition) is 0. The summed E-state index contributed by atoms with van der Waals surface area (Å²) < 4.78 is 4.94. The van der Waals surface area contributed by atoms with Crippen LogP contribution in [0.1, 0.15) is 77.5 Å². The number of nitrogens with zero attached hydrogens (tertiary/aromatic N) is 1. The first-order valence-electron chi connectivity index (χ1n) is 10.4. The van der Waals surface area contributed by atoms with E-state index < -0.39 is 0 Å². The van der Waals surface area contributed by atoms with Crippen molar-refractivity contribution in [3.05, 3.63) is 52.9 Å². The molecular weight excluding hydrogens is 346 g/mol. The molecule has 0 atom stereocenters. The molecule has 0 N–H and O–H groups in total. The molecule has 0 amide bonds. The zero-order valence-corrected chi connectivity index (χ0v) is 17.8. The van der Waals surface area contributed by atoms with Gasteiger partial charge < -0.3 is 4.74 Å². The van der Waals surface area contributed by atoms with Crippen LogP contribution >= 0.6 is 0 Å². The van der Waals surface area contributed by atoms with Gasteiger partial charge in [0.05, 0.1) is 6.61 Å². The molecule has 1 aliphatic rings. The van der Waals surface area contributed by atoms with Gasteiger partial charge in [-0.15, -0.1) is 0 Å². The second-order valence-electron chi connectivity index (χ2n) is 8.10. The Balaban J connectivity index is 1.84. The van der Waals surface area contributed by atoms with Crippen LogP contribution in [0.3, 0.4) is 0 Å². The average Bonchev–Trinajstić information content (AvgIpc) is 2.65. The number of carbonyl (C=O) groups excluding carboxylic acids is 1. The minimum atomic E-state index is -0.109. The number of aromatic nitrogens is 1. The molecule has 0 fully saturated rings. The first-order valence-corrected chi connectivity index (χ1v) is 10.4. The largest absolute Gasteiger partial charge is 0.466 e. The van der Waals surface area contributed by atoms with Gasteiger partial charge in [-0.25, -0.2) is 4.98 Å². The third kappa shape index (κ3) is 7.00. The normalized spacial score (nSPS) is 16.0. The highest BCUT2D eigenvalue weighted by Crippen LogP contribution is 2.40. The lowest BCUT2D eigenvalue weighted by molar-refractivity contribution is -0.143. The molecule has 0 aliphatic heterocycles. The smallest absolute Gasteiger partial charge is 0.305 e. The standard InChI is InChI=1S/C25H33NO2/c1-5-28-24(27)15-9-6-12-21-16-17-22(26-19-21)13-7-8-14-23-20(2)11-10-18-25(23,3)4/h8,14,16-17,19H,5-6,9-12,15,18H2,1-4H3/b14-8+. The monoisotopic (exact) mass is 379 g/mol. The molecule has 0 aromatic carbocycles. The van der Waals surface area contributed by atoms with Crippen LogP contribution in [0, 0.1) is 17.3 Å². The van der Waals surface area contributed by atoms with Gasteiger partial charge in [0.2, 0.25) is 0 Å². The van der Waals surface area contributed by atoms with Gasteiger partial charge in [-0.2, -0.15) is 0 Å². The summed E-state index contributed by atoms with van der Waals surface area (Å²) in [6, 6.07) is 4.04. The molecule has 3 heteroatoms. The predicted octanol–water partition coefficient (Wildman–Crippen LogP) is 5.79. The first-order chi connectivity index (χ1) is 13.4. The molecule has 0 saturated carbocycles. The van der Waals surface area contributed by atoms with Gasteiger partial charge in [-0.1, -0.05) is 37.5 Å². The van der Waals surface area contributed by atoms with E-state index in [4.69, 9.17) is 4.74 Å². The van der Waals surface area contributed by atoms with Crippen molar-refractivity contribution < 1.29 is 9.53 Å². The van der Waals surface area contributed by atoms with Crippen molar-refractivity contribution in [2.24, 2.45) is 5.41 Å². The third-order valence-corrected chi connectivity index (χ3v) is 5.30. The molecule has 0 bridgehead atoms. The molecule has 1 aromatic heterocycles. The van der Waals surface area contributed by atoms with Gasteiger partial charge in [-0.05, 0) is 87.0 Å². The zero-order valence-electron chi connectivity index (χ0n) is 17.8. The van der Waals surface area contributed by atoms with Crippen molar-refractivity contribution in [3.8, 4) is 11.8 Å². The maximum atomic E-state index is 11.3. The van der Waals surface area contributed by atoms with Crippen LogP contribution in [-0.2, 0) is 16.0 Å².